The molecule has 0 aliphatic heterocycles. The van der Waals surface area contributed by atoms with Crippen LogP contribution in [0.25, 0.3) is 0 Å². The molecule has 0 saturated carbocycles. The Balaban J connectivity index is 2.42. The van der Waals surface area contributed by atoms with Gasteiger partial charge in [-0.2, -0.15) is 0 Å². The van der Waals surface area contributed by atoms with E-state index in [0.717, 1.165) is 19.4 Å². The van der Waals surface area contributed by atoms with Gasteiger partial charge >= 0.3 is 0 Å². The normalized spacial score (nSPS) is 10.4. The van der Waals surface area contributed by atoms with E-state index in [1.165, 1.54) is 11.1 Å². The van der Waals surface area contributed by atoms with E-state index in [1.807, 2.05) is 0 Å². The Kier molecular flexibility index (Phi) is 4.83. The van der Waals surface area contributed by atoms with Gasteiger partial charge in [0, 0.05) is 6.54 Å². The Morgan fingerprint density at radius 1 is 1.25 bits per heavy atom. The van der Waals surface area contributed by atoms with Gasteiger partial charge in [0.25, 0.3) is 0 Å². The molecule has 0 bridgehead atoms. The van der Waals surface area contributed by atoms with Crippen LogP contribution in [0, 0.1) is 11.3 Å². The zero-order valence-corrected chi connectivity index (χ0v) is 10.1. The van der Waals surface area contributed by atoms with Crippen molar-refractivity contribution < 1.29 is 0 Å². The molecule has 0 aliphatic rings. The van der Waals surface area contributed by atoms with E-state index in [4.69, 9.17) is 11.1 Å². The third-order valence-corrected chi connectivity index (χ3v) is 2.40. The number of guanidine groups is 1. The number of benzene rings is 1. The van der Waals surface area contributed by atoms with E-state index in [0.29, 0.717) is 5.92 Å². The summed E-state index contributed by atoms with van der Waals surface area (Å²) >= 11 is 0. The van der Waals surface area contributed by atoms with E-state index in [2.05, 4.69) is 43.4 Å². The molecule has 0 heterocycles. The number of hydrogen-bond acceptors (Lipinski definition) is 1. The lowest BCUT2D eigenvalue weighted by molar-refractivity contribution is 0.647. The molecule has 1 aromatic rings. The highest BCUT2D eigenvalue weighted by Crippen LogP contribution is 2.09. The largest absolute Gasteiger partial charge is 0.370 e. The molecule has 1 aromatic carbocycles. The summed E-state index contributed by atoms with van der Waals surface area (Å²) in [5, 5.41) is 9.84. The van der Waals surface area contributed by atoms with Gasteiger partial charge in [-0.15, -0.1) is 0 Å². The number of hydrogen-bond donors (Lipinski definition) is 3. The number of nitrogens with one attached hydrogen (secondary N) is 2. The first-order valence-corrected chi connectivity index (χ1v) is 5.73. The van der Waals surface area contributed by atoms with E-state index in [9.17, 15) is 0 Å². The molecule has 3 heteroatoms. The predicted molar refractivity (Wildman–Crippen MR) is 68.6 cm³/mol. The molecule has 0 unspecified atom stereocenters. The third kappa shape index (κ3) is 4.82. The van der Waals surface area contributed by atoms with Crippen molar-refractivity contribution in [3.05, 3.63) is 35.4 Å². The van der Waals surface area contributed by atoms with Crippen molar-refractivity contribution in [3.63, 3.8) is 0 Å². The highest BCUT2D eigenvalue weighted by molar-refractivity contribution is 5.74. The summed E-state index contributed by atoms with van der Waals surface area (Å²) in [5.41, 5.74) is 7.87. The van der Waals surface area contributed by atoms with Crippen molar-refractivity contribution in [2.75, 3.05) is 6.54 Å². The van der Waals surface area contributed by atoms with Gasteiger partial charge in [-0.25, -0.2) is 0 Å². The molecule has 88 valence electrons. The predicted octanol–water partition coefficient (Wildman–Crippen LogP) is 1.91. The molecule has 16 heavy (non-hydrogen) atoms. The minimum atomic E-state index is 0.0384. The summed E-state index contributed by atoms with van der Waals surface area (Å²) in [6, 6.07) is 8.67. The second-order valence-corrected chi connectivity index (χ2v) is 4.50. The Labute approximate surface area is 97.6 Å². The first-order valence-electron chi connectivity index (χ1n) is 5.73. The van der Waals surface area contributed by atoms with Crippen molar-refractivity contribution >= 4 is 5.96 Å². The quantitative estimate of drug-likeness (QED) is 0.523. The standard InChI is InChI=1S/C13H21N3/c1-10(2)9-12-5-3-11(4-6-12)7-8-16-13(14)15/h3-6,10H,7-9H2,1-2H3,(H4,14,15,16). The van der Waals surface area contributed by atoms with Gasteiger partial charge in [0.05, 0.1) is 0 Å². The summed E-state index contributed by atoms with van der Waals surface area (Å²) in [6.45, 7) is 5.17. The number of nitrogens with two attached hydrogens (primary N) is 1. The highest BCUT2D eigenvalue weighted by Gasteiger charge is 1.98. The third-order valence-electron chi connectivity index (χ3n) is 2.40. The van der Waals surface area contributed by atoms with Crippen molar-refractivity contribution in [1.82, 2.24) is 5.32 Å². The Morgan fingerprint density at radius 2 is 1.81 bits per heavy atom. The maximum Gasteiger partial charge on any atom is 0.185 e. The molecule has 3 nitrogen and oxygen atoms in total. The van der Waals surface area contributed by atoms with Crippen molar-refractivity contribution in [2.45, 2.75) is 26.7 Å². The van der Waals surface area contributed by atoms with Crippen LogP contribution in [0.2, 0.25) is 0 Å². The lowest BCUT2D eigenvalue weighted by Crippen LogP contribution is -2.31. The highest BCUT2D eigenvalue weighted by atomic mass is 15.0. The van der Waals surface area contributed by atoms with Gasteiger partial charge in [0.2, 0.25) is 0 Å². The van der Waals surface area contributed by atoms with Gasteiger partial charge in [0.1, 0.15) is 0 Å². The van der Waals surface area contributed by atoms with Crippen LogP contribution in [0.1, 0.15) is 25.0 Å². The van der Waals surface area contributed by atoms with Gasteiger partial charge in [0.15, 0.2) is 5.96 Å². The topological polar surface area (TPSA) is 61.9 Å². The minimum absolute atomic E-state index is 0.0384. The zero-order chi connectivity index (χ0) is 12.0. The molecule has 1 rings (SSSR count). The van der Waals surface area contributed by atoms with Crippen LogP contribution in [-0.4, -0.2) is 12.5 Å². The van der Waals surface area contributed by atoms with Gasteiger partial charge in [-0.05, 0) is 29.9 Å². The van der Waals surface area contributed by atoms with Crippen LogP contribution >= 0.6 is 0 Å². The molecule has 0 fully saturated rings. The Bertz CT molecular complexity index is 328. The monoisotopic (exact) mass is 219 g/mol. The average Bonchev–Trinajstić information content (AvgIpc) is 2.19. The summed E-state index contributed by atoms with van der Waals surface area (Å²) in [5.74, 6) is 0.738. The lowest BCUT2D eigenvalue weighted by Gasteiger charge is -2.07. The first-order chi connectivity index (χ1) is 7.58. The summed E-state index contributed by atoms with van der Waals surface area (Å²) in [6.07, 6.45) is 2.04. The molecule has 0 spiro atoms. The van der Waals surface area contributed by atoms with Crippen molar-refractivity contribution in [1.29, 1.82) is 5.41 Å². The second kappa shape index (κ2) is 6.16. The van der Waals surface area contributed by atoms with Crippen molar-refractivity contribution in [2.24, 2.45) is 11.7 Å². The minimum Gasteiger partial charge on any atom is -0.370 e. The molecule has 0 atom stereocenters. The van der Waals surface area contributed by atoms with Crippen LogP contribution < -0.4 is 11.1 Å². The van der Waals surface area contributed by atoms with E-state index in [1.54, 1.807) is 0 Å². The van der Waals surface area contributed by atoms with Crippen LogP contribution in [0.4, 0.5) is 0 Å². The second-order valence-electron chi connectivity index (χ2n) is 4.50. The molecule has 0 saturated heterocycles. The van der Waals surface area contributed by atoms with Crippen LogP contribution in [0.3, 0.4) is 0 Å². The van der Waals surface area contributed by atoms with E-state index in [-0.39, 0.29) is 5.96 Å². The summed E-state index contributed by atoms with van der Waals surface area (Å²) < 4.78 is 0. The zero-order valence-electron chi connectivity index (χ0n) is 10.1. The maximum atomic E-state index is 7.04. The molecule has 0 aromatic heterocycles. The smallest absolute Gasteiger partial charge is 0.185 e. The molecule has 0 amide bonds. The molecular formula is C13H21N3. The Hall–Kier alpha value is -1.51. The SMILES string of the molecule is CC(C)Cc1ccc(CCNC(=N)N)cc1. The fourth-order valence-electron chi connectivity index (χ4n) is 1.65. The van der Waals surface area contributed by atoms with Crippen LogP contribution in [0.5, 0.6) is 0 Å². The fraction of sp³-hybridized carbons (Fsp3) is 0.462. The van der Waals surface area contributed by atoms with Gasteiger partial charge in [-0.1, -0.05) is 38.1 Å². The molecular weight excluding hydrogens is 198 g/mol. The fourth-order valence-corrected chi connectivity index (χ4v) is 1.65. The molecule has 0 aliphatic carbocycles. The van der Waals surface area contributed by atoms with Gasteiger partial charge in [-0.3, -0.25) is 5.41 Å². The van der Waals surface area contributed by atoms with E-state index < -0.39 is 0 Å². The Morgan fingerprint density at radius 3 is 2.31 bits per heavy atom. The molecule has 0 radical (unpaired) electrons. The first kappa shape index (κ1) is 12.6. The lowest BCUT2D eigenvalue weighted by atomic mass is 10.0. The molecule has 4 N–H and O–H groups in total. The summed E-state index contributed by atoms with van der Waals surface area (Å²) in [4.78, 5) is 0. The van der Waals surface area contributed by atoms with Gasteiger partial charge < -0.3 is 11.1 Å². The van der Waals surface area contributed by atoms with E-state index >= 15 is 0 Å². The van der Waals surface area contributed by atoms with Crippen LogP contribution in [0.15, 0.2) is 24.3 Å². The number of rotatable bonds is 5. The van der Waals surface area contributed by atoms with Crippen LogP contribution in [-0.2, 0) is 12.8 Å². The average molecular weight is 219 g/mol. The van der Waals surface area contributed by atoms with Crippen molar-refractivity contribution in [3.8, 4) is 0 Å². The summed E-state index contributed by atoms with van der Waals surface area (Å²) in [7, 11) is 0. The maximum absolute atomic E-state index is 7.04.